The highest BCUT2D eigenvalue weighted by atomic mass is 16.1. The number of benzene rings is 1. The molecule has 2 bridgehead atoms. The van der Waals surface area contributed by atoms with E-state index in [-0.39, 0.29) is 5.92 Å². The molecule has 4 aliphatic carbocycles. The van der Waals surface area contributed by atoms with Crippen molar-refractivity contribution in [3.8, 4) is 0 Å². The molecule has 4 aliphatic rings. The van der Waals surface area contributed by atoms with Crippen molar-refractivity contribution in [1.29, 1.82) is 0 Å². The topological polar surface area (TPSA) is 17.1 Å². The van der Waals surface area contributed by atoms with Crippen LogP contribution in [0.25, 0.3) is 0 Å². The van der Waals surface area contributed by atoms with Crippen molar-refractivity contribution in [2.75, 3.05) is 0 Å². The quantitative estimate of drug-likeness (QED) is 0.617. The number of hydrogen-bond donors (Lipinski definition) is 0. The molecule has 17 heavy (non-hydrogen) atoms. The highest BCUT2D eigenvalue weighted by Crippen LogP contribution is 2.51. The van der Waals surface area contributed by atoms with Crippen LogP contribution in [0.4, 0.5) is 0 Å². The van der Waals surface area contributed by atoms with Gasteiger partial charge in [0, 0.05) is 11.8 Å². The molecule has 1 nitrogen and oxygen atoms in total. The van der Waals surface area contributed by atoms with Crippen molar-refractivity contribution < 1.29 is 4.79 Å². The molecule has 0 unspecified atom stereocenters. The van der Waals surface area contributed by atoms with E-state index in [1.807, 2.05) is 0 Å². The summed E-state index contributed by atoms with van der Waals surface area (Å²) in [6.45, 7) is 0. The van der Waals surface area contributed by atoms with E-state index in [9.17, 15) is 4.79 Å². The highest BCUT2D eigenvalue weighted by Gasteiger charge is 2.45. The standard InChI is InChI=1S/C16H14O/c17-15-8-6-10-5-7-13(15)14-9-11-3-1-2-4-12(11)16(10)14/h1-8,10,13-14,16H,9H2/t10-,13-,14-,16-/m1/s1. The van der Waals surface area contributed by atoms with Crippen molar-refractivity contribution in [2.45, 2.75) is 12.3 Å². The lowest BCUT2D eigenvalue weighted by atomic mass is 9.72. The van der Waals surface area contributed by atoms with Crippen LogP contribution >= 0.6 is 0 Å². The van der Waals surface area contributed by atoms with Gasteiger partial charge in [0.25, 0.3) is 0 Å². The van der Waals surface area contributed by atoms with Crippen molar-refractivity contribution >= 4 is 5.78 Å². The van der Waals surface area contributed by atoms with Gasteiger partial charge in [-0.25, -0.2) is 0 Å². The fraction of sp³-hybridized carbons (Fsp3) is 0.312. The van der Waals surface area contributed by atoms with Gasteiger partial charge in [-0.05, 0) is 35.5 Å². The van der Waals surface area contributed by atoms with Crippen LogP contribution in [0.2, 0.25) is 0 Å². The van der Waals surface area contributed by atoms with Crippen LogP contribution in [0.1, 0.15) is 17.0 Å². The minimum absolute atomic E-state index is 0.113. The summed E-state index contributed by atoms with van der Waals surface area (Å²) in [7, 11) is 0. The molecule has 0 saturated carbocycles. The molecular weight excluding hydrogens is 208 g/mol. The zero-order chi connectivity index (χ0) is 11.4. The number of ketones is 1. The number of fused-ring (bicyclic) bond motifs is 2. The van der Waals surface area contributed by atoms with E-state index in [0.717, 1.165) is 6.42 Å². The smallest absolute Gasteiger partial charge is 0.162 e. The molecule has 1 aromatic rings. The number of carbonyl (C=O) groups is 1. The number of carbonyl (C=O) groups excluding carboxylic acids is 1. The summed E-state index contributed by atoms with van der Waals surface area (Å²) in [5, 5.41) is 0. The Balaban J connectivity index is 1.90. The fourth-order valence-electron chi connectivity index (χ4n) is 3.82. The highest BCUT2D eigenvalue weighted by molar-refractivity contribution is 5.94. The van der Waals surface area contributed by atoms with Crippen molar-refractivity contribution in [1.82, 2.24) is 0 Å². The van der Waals surface area contributed by atoms with E-state index in [1.54, 1.807) is 6.08 Å². The Kier molecular flexibility index (Phi) is 1.77. The molecule has 0 saturated heterocycles. The molecule has 0 fully saturated rings. The Hall–Kier alpha value is -1.63. The third kappa shape index (κ3) is 1.17. The van der Waals surface area contributed by atoms with Crippen molar-refractivity contribution in [3.63, 3.8) is 0 Å². The van der Waals surface area contributed by atoms with E-state index in [0.29, 0.717) is 23.5 Å². The lowest BCUT2D eigenvalue weighted by Crippen LogP contribution is -2.28. The zero-order valence-electron chi connectivity index (χ0n) is 9.54. The average molecular weight is 222 g/mol. The first-order chi connectivity index (χ1) is 8.34. The maximum atomic E-state index is 12.0. The number of rotatable bonds is 0. The summed E-state index contributed by atoms with van der Waals surface area (Å²) < 4.78 is 0. The third-order valence-electron chi connectivity index (χ3n) is 4.56. The van der Waals surface area contributed by atoms with Crippen molar-refractivity contribution in [2.24, 2.45) is 17.8 Å². The maximum Gasteiger partial charge on any atom is 0.162 e. The molecule has 4 atom stereocenters. The Bertz CT molecular complexity index is 552. The first kappa shape index (κ1) is 9.41. The Morgan fingerprint density at radius 3 is 2.88 bits per heavy atom. The molecule has 0 aromatic heterocycles. The van der Waals surface area contributed by atoms with Crippen LogP contribution in [0.15, 0.2) is 48.6 Å². The predicted octanol–water partition coefficient (Wildman–Crippen LogP) is 2.88. The van der Waals surface area contributed by atoms with Gasteiger partial charge in [-0.15, -0.1) is 0 Å². The minimum atomic E-state index is 0.113. The Morgan fingerprint density at radius 1 is 1.06 bits per heavy atom. The van der Waals surface area contributed by atoms with Crippen LogP contribution in [0, 0.1) is 17.8 Å². The molecule has 0 radical (unpaired) electrons. The largest absolute Gasteiger partial charge is 0.294 e. The molecule has 84 valence electrons. The normalized spacial score (nSPS) is 36.8. The summed E-state index contributed by atoms with van der Waals surface area (Å²) in [5.74, 6) is 1.85. The van der Waals surface area contributed by atoms with E-state index in [4.69, 9.17) is 0 Å². The van der Waals surface area contributed by atoms with Gasteiger partial charge in [-0.1, -0.05) is 42.5 Å². The van der Waals surface area contributed by atoms with Crippen molar-refractivity contribution in [3.05, 3.63) is 59.7 Å². The fourth-order valence-corrected chi connectivity index (χ4v) is 3.82. The lowest BCUT2D eigenvalue weighted by molar-refractivity contribution is -0.118. The summed E-state index contributed by atoms with van der Waals surface area (Å²) >= 11 is 0. The molecule has 0 aliphatic heterocycles. The SMILES string of the molecule is O=C1C=C[C@H]2C=C[C@@H]1[C@H]1Cc3ccccc3[C@@H]21. The van der Waals surface area contributed by atoms with Gasteiger partial charge in [0.15, 0.2) is 5.78 Å². The lowest BCUT2D eigenvalue weighted by Gasteiger charge is -2.31. The second-order valence-corrected chi connectivity index (χ2v) is 5.34. The van der Waals surface area contributed by atoms with Crippen LogP contribution in [0.5, 0.6) is 0 Å². The van der Waals surface area contributed by atoms with E-state index in [1.165, 1.54) is 11.1 Å². The summed E-state index contributed by atoms with van der Waals surface area (Å²) in [6.07, 6.45) is 9.34. The van der Waals surface area contributed by atoms with Gasteiger partial charge in [0.2, 0.25) is 0 Å². The summed E-state index contributed by atoms with van der Waals surface area (Å²) in [6, 6.07) is 8.69. The van der Waals surface area contributed by atoms with Gasteiger partial charge in [0.1, 0.15) is 0 Å². The van der Waals surface area contributed by atoms with Gasteiger partial charge >= 0.3 is 0 Å². The Labute approximate surface area is 101 Å². The first-order valence-electron chi connectivity index (χ1n) is 6.33. The zero-order valence-corrected chi connectivity index (χ0v) is 9.54. The Morgan fingerprint density at radius 2 is 1.94 bits per heavy atom. The van der Waals surface area contributed by atoms with Crippen LogP contribution in [-0.4, -0.2) is 5.78 Å². The summed E-state index contributed by atoms with van der Waals surface area (Å²) in [5.41, 5.74) is 2.92. The van der Waals surface area contributed by atoms with E-state index >= 15 is 0 Å². The monoisotopic (exact) mass is 222 g/mol. The predicted molar refractivity (Wildman–Crippen MR) is 66.6 cm³/mol. The molecule has 0 amide bonds. The molecule has 0 N–H and O–H groups in total. The third-order valence-corrected chi connectivity index (χ3v) is 4.56. The molecular formula is C16H14O. The molecule has 5 rings (SSSR count). The van der Waals surface area contributed by atoms with E-state index < -0.39 is 0 Å². The number of allylic oxidation sites excluding steroid dienone is 4. The first-order valence-corrected chi connectivity index (χ1v) is 6.33. The van der Waals surface area contributed by atoms with Crippen LogP contribution < -0.4 is 0 Å². The van der Waals surface area contributed by atoms with E-state index in [2.05, 4.69) is 42.5 Å². The average Bonchev–Trinajstić information content (AvgIpc) is 2.59. The van der Waals surface area contributed by atoms with Gasteiger partial charge in [0.05, 0.1) is 0 Å². The second kappa shape index (κ2) is 3.19. The minimum Gasteiger partial charge on any atom is -0.294 e. The number of hydrogen-bond acceptors (Lipinski definition) is 1. The summed E-state index contributed by atoms with van der Waals surface area (Å²) in [4.78, 5) is 12.0. The second-order valence-electron chi connectivity index (χ2n) is 5.34. The molecule has 1 heteroatoms. The molecule has 1 aromatic carbocycles. The van der Waals surface area contributed by atoms with Gasteiger partial charge in [-0.3, -0.25) is 4.79 Å². The molecule has 0 heterocycles. The van der Waals surface area contributed by atoms with Gasteiger partial charge < -0.3 is 0 Å². The van der Waals surface area contributed by atoms with Crippen LogP contribution in [0.3, 0.4) is 0 Å². The van der Waals surface area contributed by atoms with Gasteiger partial charge in [-0.2, -0.15) is 0 Å². The maximum absolute atomic E-state index is 12.0. The van der Waals surface area contributed by atoms with Crippen LogP contribution in [-0.2, 0) is 11.2 Å². The molecule has 0 spiro atoms.